The van der Waals surface area contributed by atoms with Crippen LogP contribution in [0.25, 0.3) is 32.0 Å². The molecule has 2 atom stereocenters. The first-order chi connectivity index (χ1) is 25.3. The molecular weight excluding hydrogens is 694 g/mol. The Labute approximate surface area is 298 Å². The molecule has 9 rings (SSSR count). The molecule has 1 fully saturated rings. The Bertz CT molecular complexity index is 2440. The maximum Gasteiger partial charge on any atom is 0.434 e. The second-order valence-corrected chi connectivity index (χ2v) is 14.3. The highest BCUT2D eigenvalue weighted by Crippen LogP contribution is 2.51. The number of thiophene rings is 1. The fourth-order valence-electron chi connectivity index (χ4n) is 7.99. The summed E-state index contributed by atoms with van der Waals surface area (Å²) in [5.41, 5.74) is 5.00. The van der Waals surface area contributed by atoms with Gasteiger partial charge in [0, 0.05) is 17.0 Å². The van der Waals surface area contributed by atoms with Crippen LogP contribution in [-0.4, -0.2) is 44.6 Å². The lowest BCUT2D eigenvalue weighted by atomic mass is 9.93. The van der Waals surface area contributed by atoms with Crippen LogP contribution in [0.2, 0.25) is 0 Å². The third-order valence-electron chi connectivity index (χ3n) is 10.3. The lowest BCUT2D eigenvalue weighted by Crippen LogP contribution is -2.22. The highest BCUT2D eigenvalue weighted by Gasteiger charge is 2.45. The number of nitrogens with zero attached hydrogens (tertiary/aromatic N) is 4. The molecule has 6 heterocycles. The van der Waals surface area contributed by atoms with Crippen molar-refractivity contribution >= 4 is 33.1 Å². The van der Waals surface area contributed by atoms with Crippen molar-refractivity contribution in [3.05, 3.63) is 110 Å². The van der Waals surface area contributed by atoms with Crippen LogP contribution < -0.4 is 15.8 Å². The summed E-state index contributed by atoms with van der Waals surface area (Å²) in [6.45, 7) is 0.576. The van der Waals surface area contributed by atoms with Crippen molar-refractivity contribution in [2.45, 2.75) is 57.0 Å². The number of alkyl halides is 2. The molecule has 0 saturated carbocycles. The molecule has 52 heavy (non-hydrogen) atoms. The number of rotatable bonds is 9. The molecule has 2 aliphatic heterocycles. The molecule has 2 N–H and O–H groups in total. The van der Waals surface area contributed by atoms with Crippen molar-refractivity contribution in [2.24, 2.45) is 0 Å². The van der Waals surface area contributed by atoms with Gasteiger partial charge in [-0.15, -0.1) is 16.4 Å². The minimum Gasteiger partial charge on any atom is -0.496 e. The van der Waals surface area contributed by atoms with E-state index in [-0.39, 0.29) is 35.4 Å². The maximum absolute atomic E-state index is 14.4. The molecule has 2 aromatic carbocycles. The van der Waals surface area contributed by atoms with Gasteiger partial charge < -0.3 is 19.4 Å². The van der Waals surface area contributed by atoms with E-state index in [4.69, 9.17) is 14.1 Å². The number of carbonyl (C=O) groups is 1. The number of halogens is 3. The summed E-state index contributed by atoms with van der Waals surface area (Å²) in [6, 6.07) is 14.8. The molecule has 264 valence electrons. The van der Waals surface area contributed by atoms with E-state index in [1.54, 1.807) is 25.3 Å². The molecule has 3 aliphatic rings. The molecule has 1 unspecified atom stereocenters. The Hall–Kier alpha value is -5.50. The summed E-state index contributed by atoms with van der Waals surface area (Å²) < 4.78 is 54.2. The van der Waals surface area contributed by atoms with E-state index in [0.717, 1.165) is 48.1 Å². The van der Waals surface area contributed by atoms with Gasteiger partial charge in [-0.1, -0.05) is 24.3 Å². The fourth-order valence-corrected chi connectivity index (χ4v) is 9.14. The van der Waals surface area contributed by atoms with E-state index in [1.807, 2.05) is 23.1 Å². The predicted molar refractivity (Wildman–Crippen MR) is 188 cm³/mol. The number of pyridine rings is 2. The predicted octanol–water partition coefficient (Wildman–Crippen LogP) is 7.96. The van der Waals surface area contributed by atoms with Gasteiger partial charge in [-0.25, -0.2) is 28.0 Å². The number of ether oxygens (including phenoxy) is 1. The SMILES string of the molecule is COc1cccc2c1CC[C@@H]2Nc1nc(C(F)F)cc2cc(-c3c4c(nc(CCc5ccc(F)cc5)c3-c3n[nH]c(=O)o3)C3CCCN3C4=O)sc12. The first-order valence-electron chi connectivity index (χ1n) is 17.1. The van der Waals surface area contributed by atoms with Crippen LogP contribution in [0, 0.1) is 5.82 Å². The Morgan fingerprint density at radius 1 is 1.06 bits per heavy atom. The second kappa shape index (κ2) is 12.6. The average molecular weight is 725 g/mol. The van der Waals surface area contributed by atoms with E-state index in [2.05, 4.69) is 20.5 Å². The lowest BCUT2D eigenvalue weighted by molar-refractivity contribution is 0.0776. The Balaban J connectivity index is 1.24. The van der Waals surface area contributed by atoms with Crippen LogP contribution in [0.4, 0.5) is 19.0 Å². The summed E-state index contributed by atoms with van der Waals surface area (Å²) in [7, 11) is 1.63. The van der Waals surface area contributed by atoms with Gasteiger partial charge >= 0.3 is 5.76 Å². The molecule has 0 radical (unpaired) electrons. The zero-order valence-corrected chi connectivity index (χ0v) is 28.7. The van der Waals surface area contributed by atoms with Crippen LogP contribution in [0.5, 0.6) is 5.75 Å². The van der Waals surface area contributed by atoms with Crippen molar-refractivity contribution in [1.29, 1.82) is 0 Å². The number of amides is 1. The van der Waals surface area contributed by atoms with Crippen LogP contribution in [-0.2, 0) is 19.3 Å². The van der Waals surface area contributed by atoms with E-state index < -0.39 is 12.2 Å². The summed E-state index contributed by atoms with van der Waals surface area (Å²) in [4.78, 5) is 38.5. The van der Waals surface area contributed by atoms with E-state index in [1.165, 1.54) is 29.5 Å². The van der Waals surface area contributed by atoms with Gasteiger partial charge in [0.25, 0.3) is 18.2 Å². The molecule has 1 saturated heterocycles. The monoisotopic (exact) mass is 724 g/mol. The van der Waals surface area contributed by atoms with Crippen LogP contribution in [0.1, 0.15) is 81.9 Å². The van der Waals surface area contributed by atoms with Gasteiger partial charge in [-0.2, -0.15) is 0 Å². The highest BCUT2D eigenvalue weighted by molar-refractivity contribution is 7.23. The zero-order valence-electron chi connectivity index (χ0n) is 27.8. The number of H-pyrrole nitrogens is 1. The molecule has 1 amide bonds. The Kier molecular flexibility index (Phi) is 7.86. The number of aryl methyl sites for hydroxylation is 2. The minimum atomic E-state index is -2.82. The van der Waals surface area contributed by atoms with Gasteiger partial charge in [-0.3, -0.25) is 9.78 Å². The number of anilines is 1. The summed E-state index contributed by atoms with van der Waals surface area (Å²) >= 11 is 1.31. The molecule has 10 nitrogen and oxygen atoms in total. The second-order valence-electron chi connectivity index (χ2n) is 13.3. The normalized spacial score (nSPS) is 17.6. The Morgan fingerprint density at radius 3 is 2.67 bits per heavy atom. The number of aromatic nitrogens is 4. The van der Waals surface area contributed by atoms with Crippen LogP contribution in [0.15, 0.2) is 63.8 Å². The fraction of sp³-hybridized carbons (Fsp3) is 0.289. The largest absolute Gasteiger partial charge is 0.496 e. The number of methoxy groups -OCH3 is 1. The van der Waals surface area contributed by atoms with Gasteiger partial charge in [0.1, 0.15) is 23.1 Å². The van der Waals surface area contributed by atoms with Crippen LogP contribution in [0.3, 0.4) is 0 Å². The third-order valence-corrected chi connectivity index (χ3v) is 11.5. The zero-order chi connectivity index (χ0) is 35.7. The molecular formula is C38H31F3N6O4S. The molecule has 4 aromatic heterocycles. The standard InChI is InChI=1S/C38H31F3N6O4S/c1-50-27-6-2-4-21-22(27)12-14-23(21)43-35-33-19(16-25(44-35)34(40)41)17-28(52-33)30-29(36-45-46-38(49)51-36)24(13-9-18-7-10-20(39)11-8-18)42-32-26-5-3-15-47(26)37(48)31(30)32/h2,4,6-8,10-11,16-17,23,26,34H,3,5,9,12-15H2,1H3,(H,43,44)(H,46,49)/t23-,26?/m0/s1. The van der Waals surface area contributed by atoms with Crippen molar-refractivity contribution in [3.8, 4) is 27.6 Å². The van der Waals surface area contributed by atoms with Gasteiger partial charge in [0.2, 0.25) is 0 Å². The molecule has 14 heteroatoms. The number of fused-ring (bicyclic) bond motifs is 5. The van der Waals surface area contributed by atoms with Crippen molar-refractivity contribution in [2.75, 3.05) is 19.0 Å². The highest BCUT2D eigenvalue weighted by atomic mass is 32.1. The van der Waals surface area contributed by atoms with E-state index >= 15 is 0 Å². The number of hydrogen-bond donors (Lipinski definition) is 2. The number of nitrogens with one attached hydrogen (secondary N) is 2. The van der Waals surface area contributed by atoms with Gasteiger partial charge in [0.15, 0.2) is 0 Å². The van der Waals surface area contributed by atoms with Crippen LogP contribution >= 0.6 is 11.3 Å². The summed E-state index contributed by atoms with van der Waals surface area (Å²) in [6.07, 6.45) is 1.07. The maximum atomic E-state index is 14.4. The minimum absolute atomic E-state index is 0.0389. The van der Waals surface area contributed by atoms with Crippen molar-refractivity contribution < 1.29 is 27.1 Å². The quantitative estimate of drug-likeness (QED) is 0.154. The average Bonchev–Trinajstić information content (AvgIpc) is 3.98. The third kappa shape index (κ3) is 5.35. The van der Waals surface area contributed by atoms with Gasteiger partial charge in [-0.05, 0) is 90.9 Å². The smallest absolute Gasteiger partial charge is 0.434 e. The molecule has 0 bridgehead atoms. The number of benzene rings is 2. The lowest BCUT2D eigenvalue weighted by Gasteiger charge is -2.17. The Morgan fingerprint density at radius 2 is 1.90 bits per heavy atom. The summed E-state index contributed by atoms with van der Waals surface area (Å²) in [5.74, 6) is -0.262. The number of carbonyl (C=O) groups excluding carboxylic acids is 1. The van der Waals surface area contributed by atoms with Gasteiger partial charge in [0.05, 0.1) is 46.4 Å². The van der Waals surface area contributed by atoms with Crippen molar-refractivity contribution in [3.63, 3.8) is 0 Å². The van der Waals surface area contributed by atoms with E-state index in [0.29, 0.717) is 68.2 Å². The first kappa shape index (κ1) is 32.4. The molecule has 1 aliphatic carbocycles. The topological polar surface area (TPSA) is 126 Å². The number of aromatic amines is 1. The molecule has 0 spiro atoms. The van der Waals surface area contributed by atoms with Crippen molar-refractivity contribution in [1.82, 2.24) is 25.1 Å². The molecule has 6 aromatic rings. The van der Waals surface area contributed by atoms with E-state index in [9.17, 15) is 22.8 Å². The summed E-state index contributed by atoms with van der Waals surface area (Å²) in [5, 5.41) is 10.5. The first-order valence-corrected chi connectivity index (χ1v) is 17.9. The number of hydrogen-bond acceptors (Lipinski definition) is 9.